The summed E-state index contributed by atoms with van der Waals surface area (Å²) in [6.07, 6.45) is 1.68. The van der Waals surface area contributed by atoms with E-state index in [4.69, 9.17) is 23.2 Å². The van der Waals surface area contributed by atoms with Crippen LogP contribution in [0.5, 0.6) is 0 Å². The van der Waals surface area contributed by atoms with Crippen molar-refractivity contribution in [2.24, 2.45) is 0 Å². The Balaban J connectivity index is 1.77. The first-order chi connectivity index (χ1) is 12.1. The molecule has 0 atom stereocenters. The third-order valence-electron chi connectivity index (χ3n) is 2.74. The van der Waals surface area contributed by atoms with Gasteiger partial charge in [0.25, 0.3) is 5.24 Å². The molecule has 3 N–H and O–H groups in total. The molecule has 0 unspecified atom stereocenters. The van der Waals surface area contributed by atoms with Crippen molar-refractivity contribution in [3.8, 4) is 0 Å². The molecular formula is C15H16Cl2N6OS. The second-order valence-corrected chi connectivity index (χ2v) is 6.40. The number of anilines is 3. The van der Waals surface area contributed by atoms with E-state index in [-0.39, 0.29) is 10.5 Å². The number of thioether (sulfide) groups is 1. The van der Waals surface area contributed by atoms with Crippen molar-refractivity contribution < 1.29 is 4.79 Å². The number of nitrogens with zero attached hydrogens (tertiary/aromatic N) is 3. The average molecular weight is 399 g/mol. The van der Waals surface area contributed by atoms with E-state index in [1.54, 1.807) is 30.3 Å². The van der Waals surface area contributed by atoms with Gasteiger partial charge in [-0.05, 0) is 23.7 Å². The number of amides is 1. The van der Waals surface area contributed by atoms with Crippen LogP contribution in [0.2, 0.25) is 10.3 Å². The molecule has 2 rings (SSSR count). The van der Waals surface area contributed by atoms with E-state index in [1.807, 2.05) is 0 Å². The Morgan fingerprint density at radius 2 is 1.88 bits per heavy atom. The van der Waals surface area contributed by atoms with Gasteiger partial charge in [0.2, 0.25) is 17.2 Å². The number of hydrogen-bond acceptors (Lipinski definition) is 7. The van der Waals surface area contributed by atoms with Gasteiger partial charge in [-0.1, -0.05) is 41.6 Å². The largest absolute Gasteiger partial charge is 0.353 e. The van der Waals surface area contributed by atoms with Gasteiger partial charge in [-0.25, -0.2) is 0 Å². The van der Waals surface area contributed by atoms with Gasteiger partial charge in [0.15, 0.2) is 0 Å². The fraction of sp³-hybridized carbons (Fsp3) is 0.200. The van der Waals surface area contributed by atoms with Gasteiger partial charge >= 0.3 is 0 Å². The van der Waals surface area contributed by atoms with Crippen molar-refractivity contribution in [2.75, 3.05) is 34.8 Å². The average Bonchev–Trinajstić information content (AvgIpc) is 2.58. The molecule has 0 aliphatic heterocycles. The Bertz CT molecular complexity index is 746. The molecule has 10 heteroatoms. The summed E-state index contributed by atoms with van der Waals surface area (Å²) in [5.74, 6) is 1.19. The maximum Gasteiger partial charge on any atom is 0.283 e. The molecule has 0 saturated carbocycles. The van der Waals surface area contributed by atoms with Crippen LogP contribution in [0.4, 0.5) is 22.4 Å². The number of benzene rings is 1. The second kappa shape index (κ2) is 10.1. The van der Waals surface area contributed by atoms with Crippen molar-refractivity contribution in [2.45, 2.75) is 0 Å². The quantitative estimate of drug-likeness (QED) is 0.454. The van der Waals surface area contributed by atoms with E-state index < -0.39 is 0 Å². The number of nitrogens with one attached hydrogen (secondary N) is 3. The van der Waals surface area contributed by atoms with Crippen molar-refractivity contribution in [3.05, 3.63) is 47.2 Å². The second-order valence-electron chi connectivity index (χ2n) is 4.59. The molecule has 1 aromatic carbocycles. The van der Waals surface area contributed by atoms with Gasteiger partial charge in [0, 0.05) is 18.8 Å². The zero-order valence-electron chi connectivity index (χ0n) is 13.1. The summed E-state index contributed by atoms with van der Waals surface area (Å²) in [6, 6.07) is 7.05. The van der Waals surface area contributed by atoms with Crippen LogP contribution in [0, 0.1) is 0 Å². The van der Waals surface area contributed by atoms with E-state index in [0.717, 1.165) is 11.8 Å². The van der Waals surface area contributed by atoms with Gasteiger partial charge in [0.05, 0.1) is 10.7 Å². The third-order valence-corrected chi connectivity index (χ3v) is 4.01. The van der Waals surface area contributed by atoms with Gasteiger partial charge in [0.1, 0.15) is 0 Å². The van der Waals surface area contributed by atoms with Gasteiger partial charge in [-0.2, -0.15) is 15.0 Å². The highest BCUT2D eigenvalue weighted by Crippen LogP contribution is 2.22. The van der Waals surface area contributed by atoms with Crippen LogP contribution in [0.15, 0.2) is 36.9 Å². The highest BCUT2D eigenvalue weighted by molar-refractivity contribution is 8.13. The number of hydrogen-bond donors (Lipinski definition) is 3. The minimum absolute atomic E-state index is 0.0770. The summed E-state index contributed by atoms with van der Waals surface area (Å²) in [5.41, 5.74) is 0.580. The minimum Gasteiger partial charge on any atom is -0.353 e. The molecule has 0 fully saturated rings. The number of halogens is 2. The lowest BCUT2D eigenvalue weighted by molar-refractivity contribution is 0.270. The highest BCUT2D eigenvalue weighted by Gasteiger charge is 2.07. The summed E-state index contributed by atoms with van der Waals surface area (Å²) in [6.45, 7) is 4.59. The Kier molecular flexibility index (Phi) is 7.77. The zero-order chi connectivity index (χ0) is 18.1. The van der Waals surface area contributed by atoms with Crippen LogP contribution < -0.4 is 16.0 Å². The van der Waals surface area contributed by atoms with E-state index in [1.165, 1.54) is 0 Å². The molecular weight excluding hydrogens is 383 g/mol. The van der Waals surface area contributed by atoms with E-state index in [2.05, 4.69) is 37.5 Å². The lowest BCUT2D eigenvalue weighted by Gasteiger charge is -2.08. The molecule has 0 radical (unpaired) electrons. The van der Waals surface area contributed by atoms with Crippen molar-refractivity contribution in [3.63, 3.8) is 0 Å². The molecule has 0 bridgehead atoms. The predicted octanol–water partition coefficient (Wildman–Crippen LogP) is 4.15. The maximum absolute atomic E-state index is 11.9. The van der Waals surface area contributed by atoms with Crippen LogP contribution >= 0.6 is 35.0 Å². The molecule has 25 heavy (non-hydrogen) atoms. The highest BCUT2D eigenvalue weighted by atomic mass is 35.5. The van der Waals surface area contributed by atoms with Gasteiger partial charge in [-0.3, -0.25) is 4.79 Å². The summed E-state index contributed by atoms with van der Waals surface area (Å²) in [7, 11) is 0. The van der Waals surface area contributed by atoms with Crippen LogP contribution in [-0.4, -0.2) is 39.0 Å². The normalized spacial score (nSPS) is 10.2. The Labute approximate surface area is 159 Å². The van der Waals surface area contributed by atoms with Crippen LogP contribution in [0.25, 0.3) is 0 Å². The lowest BCUT2D eigenvalue weighted by Crippen LogP contribution is -2.13. The summed E-state index contributed by atoms with van der Waals surface area (Å²) >= 11 is 13.0. The molecule has 0 spiro atoms. The molecule has 2 aromatic rings. The number of para-hydroxylation sites is 1. The lowest BCUT2D eigenvalue weighted by atomic mass is 10.3. The molecule has 1 aromatic heterocycles. The Morgan fingerprint density at radius 3 is 2.60 bits per heavy atom. The molecule has 0 aliphatic carbocycles. The third kappa shape index (κ3) is 6.77. The first-order valence-electron chi connectivity index (χ1n) is 7.27. The molecule has 1 heterocycles. The number of aromatic nitrogens is 3. The molecule has 1 amide bonds. The maximum atomic E-state index is 11.9. The van der Waals surface area contributed by atoms with E-state index in [9.17, 15) is 4.79 Å². The first kappa shape index (κ1) is 19.3. The number of carbonyl (C=O) groups excluding carboxylic acids is 1. The minimum atomic E-state index is -0.197. The number of carbonyl (C=O) groups is 1. The SMILES string of the molecule is C=CCNc1nc(Cl)nc(NCCSC(=O)Nc2ccccc2Cl)n1. The summed E-state index contributed by atoms with van der Waals surface area (Å²) < 4.78 is 0. The van der Waals surface area contributed by atoms with Gasteiger partial charge in [-0.15, -0.1) is 6.58 Å². The van der Waals surface area contributed by atoms with Crippen molar-refractivity contribution in [1.82, 2.24) is 15.0 Å². The van der Waals surface area contributed by atoms with Crippen LogP contribution in [0.3, 0.4) is 0 Å². The summed E-state index contributed by atoms with van der Waals surface area (Å²) in [5, 5.41) is 9.03. The van der Waals surface area contributed by atoms with E-state index in [0.29, 0.717) is 41.4 Å². The number of rotatable bonds is 8. The fourth-order valence-corrected chi connectivity index (χ4v) is 2.60. The smallest absolute Gasteiger partial charge is 0.283 e. The predicted molar refractivity (Wildman–Crippen MR) is 105 cm³/mol. The molecule has 0 saturated heterocycles. The van der Waals surface area contributed by atoms with Crippen LogP contribution in [0.1, 0.15) is 0 Å². The van der Waals surface area contributed by atoms with Crippen LogP contribution in [-0.2, 0) is 0 Å². The van der Waals surface area contributed by atoms with Crippen molar-refractivity contribution >= 4 is 57.8 Å². The molecule has 0 aliphatic rings. The monoisotopic (exact) mass is 398 g/mol. The first-order valence-corrected chi connectivity index (χ1v) is 9.01. The summed E-state index contributed by atoms with van der Waals surface area (Å²) in [4.78, 5) is 24.0. The van der Waals surface area contributed by atoms with E-state index >= 15 is 0 Å². The Hall–Kier alpha value is -2.03. The fourth-order valence-electron chi connectivity index (χ4n) is 1.69. The molecule has 132 valence electrons. The molecule has 7 nitrogen and oxygen atoms in total. The standard InChI is InChI=1S/C15H16Cl2N6OS/c1-2-7-18-13-21-12(17)22-14(23-13)19-8-9-25-15(24)20-11-6-4-3-5-10(11)16/h2-6H,1,7-9H2,(H,20,24)(H2,18,19,21,22,23). The Morgan fingerprint density at radius 1 is 1.16 bits per heavy atom. The van der Waals surface area contributed by atoms with Crippen molar-refractivity contribution in [1.29, 1.82) is 0 Å². The topological polar surface area (TPSA) is 91.8 Å². The zero-order valence-corrected chi connectivity index (χ0v) is 15.5. The van der Waals surface area contributed by atoms with Gasteiger partial charge < -0.3 is 16.0 Å².